The number of likely N-dealkylation sites (tertiary alicyclic amines) is 1. The monoisotopic (exact) mass is 435 g/mol. The van der Waals surface area contributed by atoms with Crippen molar-refractivity contribution >= 4 is 29.1 Å². The predicted octanol–water partition coefficient (Wildman–Crippen LogP) is 3.28. The van der Waals surface area contributed by atoms with E-state index in [1.165, 1.54) is 6.20 Å². The van der Waals surface area contributed by atoms with Crippen LogP contribution in [0.5, 0.6) is 11.6 Å². The van der Waals surface area contributed by atoms with Crippen molar-refractivity contribution in [2.45, 2.75) is 12.5 Å². The van der Waals surface area contributed by atoms with Gasteiger partial charge in [0.05, 0.1) is 11.6 Å². The van der Waals surface area contributed by atoms with Gasteiger partial charge in [0, 0.05) is 43.0 Å². The zero-order chi connectivity index (χ0) is 20.2. The van der Waals surface area contributed by atoms with Crippen LogP contribution in [0.1, 0.15) is 6.42 Å². The van der Waals surface area contributed by atoms with Gasteiger partial charge in [0.25, 0.3) is 5.91 Å². The molecule has 6 nitrogen and oxygen atoms in total. The van der Waals surface area contributed by atoms with Crippen molar-refractivity contribution in [2.75, 3.05) is 32.8 Å². The number of rotatable bonds is 9. The molecule has 4 rings (SSSR count). The minimum atomic E-state index is -0.107. The number of hydrogen-bond acceptors (Lipinski definition) is 5. The summed E-state index contributed by atoms with van der Waals surface area (Å²) in [4.78, 5) is 18.5. The van der Waals surface area contributed by atoms with Gasteiger partial charge in [0.15, 0.2) is 6.61 Å². The molecule has 2 unspecified atom stereocenters. The average Bonchev–Trinajstić information content (AvgIpc) is 3.15. The second-order valence-electron chi connectivity index (χ2n) is 7.44. The number of carbonyl (C=O) groups excluding carboxylic acids is 1. The molecule has 154 valence electrons. The van der Waals surface area contributed by atoms with Crippen molar-refractivity contribution in [1.29, 1.82) is 0 Å². The third-order valence-corrected chi connectivity index (χ3v) is 5.83. The maximum Gasteiger partial charge on any atom is 0.258 e. The number of fused-ring (bicyclic) bond motifs is 1. The second-order valence-corrected chi connectivity index (χ2v) is 8.31. The fourth-order valence-corrected chi connectivity index (χ4v) is 4.07. The third-order valence-electron chi connectivity index (χ3n) is 5.35. The molecule has 2 aromatic rings. The molecule has 2 atom stereocenters. The van der Waals surface area contributed by atoms with E-state index in [0.29, 0.717) is 34.4 Å². The molecule has 2 fully saturated rings. The highest BCUT2D eigenvalue weighted by atomic mass is 35.5. The Morgan fingerprint density at radius 3 is 2.48 bits per heavy atom. The van der Waals surface area contributed by atoms with E-state index in [9.17, 15) is 4.79 Å². The van der Waals surface area contributed by atoms with Gasteiger partial charge < -0.3 is 19.7 Å². The number of nitrogens with zero attached hydrogens (tertiary/aromatic N) is 2. The molecule has 1 N–H and O–H groups in total. The Bertz CT molecular complexity index is 820. The van der Waals surface area contributed by atoms with Crippen LogP contribution in [0.3, 0.4) is 0 Å². The van der Waals surface area contributed by atoms with Crippen molar-refractivity contribution in [2.24, 2.45) is 11.8 Å². The minimum absolute atomic E-state index is 0.0314. The Morgan fingerprint density at radius 1 is 1.07 bits per heavy atom. The van der Waals surface area contributed by atoms with Crippen molar-refractivity contribution < 1.29 is 14.3 Å². The van der Waals surface area contributed by atoms with Crippen molar-refractivity contribution in [3.8, 4) is 11.6 Å². The summed E-state index contributed by atoms with van der Waals surface area (Å²) in [7, 11) is 0. The quantitative estimate of drug-likeness (QED) is 0.612. The first-order chi connectivity index (χ1) is 14.1. The molecule has 1 aliphatic heterocycles. The zero-order valence-electron chi connectivity index (χ0n) is 15.9. The summed E-state index contributed by atoms with van der Waals surface area (Å²) in [6.07, 6.45) is 2.47. The first-order valence-electron chi connectivity index (χ1n) is 9.73. The number of ether oxygens (including phenoxy) is 2. The van der Waals surface area contributed by atoms with Gasteiger partial charge in [-0.15, -0.1) is 0 Å². The zero-order valence-corrected chi connectivity index (χ0v) is 17.4. The van der Waals surface area contributed by atoms with Gasteiger partial charge in [0.1, 0.15) is 5.75 Å². The highest BCUT2D eigenvalue weighted by molar-refractivity contribution is 6.30. The molecular weight excluding hydrogens is 413 g/mol. The lowest BCUT2D eigenvalue weighted by molar-refractivity contribution is -0.123. The van der Waals surface area contributed by atoms with Gasteiger partial charge >= 0.3 is 0 Å². The summed E-state index contributed by atoms with van der Waals surface area (Å²) in [6.45, 7) is 3.71. The fourth-order valence-electron chi connectivity index (χ4n) is 3.83. The Hall–Kier alpha value is -2.02. The summed E-state index contributed by atoms with van der Waals surface area (Å²) in [6, 6.07) is 11.0. The molecule has 0 bridgehead atoms. The molecule has 0 radical (unpaired) electrons. The molecule has 1 aliphatic carbocycles. The Labute approximate surface area is 180 Å². The molecule has 2 aliphatic rings. The number of piperidine rings is 1. The first kappa shape index (κ1) is 20.3. The standard InChI is InChI=1S/C21H23Cl2N3O3/c22-14-2-5-16(6-3-14)28-9-1-8-26-11-17-18(12-26)21(17)25-19(27)13-29-20-7-4-15(23)10-24-20/h2-7,10,17-18,21H,1,8-9,11-13H2,(H,25,27). The molecule has 2 heterocycles. The Balaban J connectivity index is 1.08. The number of amides is 1. The Kier molecular flexibility index (Phi) is 6.43. The number of nitrogens with one attached hydrogen (secondary N) is 1. The van der Waals surface area contributed by atoms with Crippen LogP contribution < -0.4 is 14.8 Å². The van der Waals surface area contributed by atoms with Crippen LogP contribution in [0.4, 0.5) is 0 Å². The van der Waals surface area contributed by atoms with Gasteiger partial charge in [-0.2, -0.15) is 0 Å². The number of pyridine rings is 1. The molecule has 1 saturated heterocycles. The van der Waals surface area contributed by atoms with Gasteiger partial charge in [-0.3, -0.25) is 4.79 Å². The minimum Gasteiger partial charge on any atom is -0.494 e. The molecule has 1 amide bonds. The lowest BCUT2D eigenvalue weighted by Crippen LogP contribution is -2.37. The first-order valence-corrected chi connectivity index (χ1v) is 10.5. The van der Waals surface area contributed by atoms with E-state index in [0.717, 1.165) is 31.8 Å². The molecule has 1 aromatic carbocycles. The normalized spacial score (nSPS) is 22.8. The number of benzene rings is 1. The number of carbonyl (C=O) groups is 1. The number of hydrogen-bond donors (Lipinski definition) is 1. The third kappa shape index (κ3) is 5.53. The van der Waals surface area contributed by atoms with E-state index in [2.05, 4.69) is 15.2 Å². The Morgan fingerprint density at radius 2 is 1.79 bits per heavy atom. The largest absolute Gasteiger partial charge is 0.494 e. The van der Waals surface area contributed by atoms with Gasteiger partial charge in [-0.25, -0.2) is 4.98 Å². The summed E-state index contributed by atoms with van der Waals surface area (Å²) in [5.74, 6) is 2.23. The smallest absolute Gasteiger partial charge is 0.258 e. The van der Waals surface area contributed by atoms with Crippen molar-refractivity contribution in [1.82, 2.24) is 15.2 Å². The maximum absolute atomic E-state index is 12.1. The molecule has 1 saturated carbocycles. The number of aromatic nitrogens is 1. The SMILES string of the molecule is O=C(COc1ccc(Cl)cn1)NC1C2CN(CCCOc3ccc(Cl)cc3)CC21. The lowest BCUT2D eigenvalue weighted by Gasteiger charge is -2.19. The highest BCUT2D eigenvalue weighted by Gasteiger charge is 2.56. The van der Waals surface area contributed by atoms with Crippen LogP contribution in [0.15, 0.2) is 42.6 Å². The predicted molar refractivity (Wildman–Crippen MR) is 112 cm³/mol. The summed E-state index contributed by atoms with van der Waals surface area (Å²) in [5.41, 5.74) is 0. The van der Waals surface area contributed by atoms with Gasteiger partial charge in [-0.1, -0.05) is 23.2 Å². The van der Waals surface area contributed by atoms with E-state index in [4.69, 9.17) is 32.7 Å². The molecule has 29 heavy (non-hydrogen) atoms. The average molecular weight is 436 g/mol. The molecule has 8 heteroatoms. The summed E-state index contributed by atoms with van der Waals surface area (Å²) >= 11 is 11.6. The lowest BCUT2D eigenvalue weighted by atomic mass is 10.3. The maximum atomic E-state index is 12.1. The number of halogens is 2. The van der Waals surface area contributed by atoms with Crippen LogP contribution >= 0.6 is 23.2 Å². The van der Waals surface area contributed by atoms with E-state index >= 15 is 0 Å². The van der Waals surface area contributed by atoms with Crippen LogP contribution in [-0.2, 0) is 4.79 Å². The van der Waals surface area contributed by atoms with Crippen LogP contribution in [-0.4, -0.2) is 54.7 Å². The van der Waals surface area contributed by atoms with Crippen LogP contribution in [0.25, 0.3) is 0 Å². The van der Waals surface area contributed by atoms with E-state index in [1.807, 2.05) is 24.3 Å². The van der Waals surface area contributed by atoms with Gasteiger partial charge in [0.2, 0.25) is 5.88 Å². The van der Waals surface area contributed by atoms with Crippen LogP contribution in [0.2, 0.25) is 10.0 Å². The summed E-state index contributed by atoms with van der Waals surface area (Å²) in [5, 5.41) is 4.32. The van der Waals surface area contributed by atoms with Crippen LogP contribution in [0, 0.1) is 11.8 Å². The van der Waals surface area contributed by atoms with E-state index < -0.39 is 0 Å². The van der Waals surface area contributed by atoms with Gasteiger partial charge in [-0.05, 0) is 48.6 Å². The highest BCUT2D eigenvalue weighted by Crippen LogP contribution is 2.45. The molecular formula is C21H23Cl2N3O3. The fraction of sp³-hybridized carbons (Fsp3) is 0.429. The van der Waals surface area contributed by atoms with E-state index in [1.54, 1.807) is 12.1 Å². The van der Waals surface area contributed by atoms with Crippen molar-refractivity contribution in [3.05, 3.63) is 52.6 Å². The second kappa shape index (κ2) is 9.20. The molecule has 1 aromatic heterocycles. The summed E-state index contributed by atoms with van der Waals surface area (Å²) < 4.78 is 11.1. The van der Waals surface area contributed by atoms with Crippen molar-refractivity contribution in [3.63, 3.8) is 0 Å². The molecule has 0 spiro atoms. The van der Waals surface area contributed by atoms with E-state index in [-0.39, 0.29) is 18.6 Å². The topological polar surface area (TPSA) is 63.7 Å².